The monoisotopic (exact) mass is 155 g/mol. The summed E-state index contributed by atoms with van der Waals surface area (Å²) in [6, 6.07) is 0. The maximum atomic E-state index is 10.9. The first-order valence-corrected chi connectivity index (χ1v) is 2.80. The summed E-state index contributed by atoms with van der Waals surface area (Å²) in [7, 11) is 4.75. The van der Waals surface area contributed by atoms with Gasteiger partial charge in [-0.2, -0.15) is 0 Å². The van der Waals surface area contributed by atoms with Crippen LogP contribution in [0.2, 0.25) is 0 Å². The smallest absolute Gasteiger partial charge is 0.277 e. The van der Waals surface area contributed by atoms with Crippen molar-refractivity contribution < 1.29 is 9.63 Å². The Morgan fingerprint density at radius 1 is 1.91 bits per heavy atom. The van der Waals surface area contributed by atoms with Crippen LogP contribution in [-0.2, 0) is 4.84 Å². The van der Waals surface area contributed by atoms with Gasteiger partial charge < -0.3 is 0 Å². The molecule has 6 heteroatoms. The summed E-state index contributed by atoms with van der Waals surface area (Å²) in [6.07, 6.45) is 1.38. The number of carbonyl (C=O) groups is 1. The van der Waals surface area contributed by atoms with Gasteiger partial charge in [0.15, 0.2) is 5.69 Å². The molecule has 1 aromatic rings. The Bertz CT molecular complexity index is 257. The van der Waals surface area contributed by atoms with E-state index >= 15 is 0 Å². The van der Waals surface area contributed by atoms with Crippen LogP contribution >= 0.6 is 0 Å². The van der Waals surface area contributed by atoms with Crippen molar-refractivity contribution >= 4 is 5.91 Å². The van der Waals surface area contributed by atoms with E-state index in [-0.39, 0.29) is 5.69 Å². The highest BCUT2D eigenvalue weighted by molar-refractivity contribution is 5.90. The van der Waals surface area contributed by atoms with Crippen LogP contribution in [-0.4, -0.2) is 28.0 Å². The van der Waals surface area contributed by atoms with Crippen molar-refractivity contribution in [2.45, 2.75) is 0 Å². The van der Waals surface area contributed by atoms with Crippen LogP contribution in [0.4, 0.5) is 0 Å². The Kier molecular flexibility index (Phi) is 2.17. The molecule has 0 fully saturated rings. The van der Waals surface area contributed by atoms with Gasteiger partial charge in [0, 0.05) is 0 Å². The minimum absolute atomic E-state index is 0.168. The van der Waals surface area contributed by atoms with Gasteiger partial charge in [0.05, 0.1) is 20.4 Å². The summed E-state index contributed by atoms with van der Waals surface area (Å²) >= 11 is 0. The number of hydrogen-bond donors (Lipinski definition) is 1. The minimum Gasteiger partial charge on any atom is -0.277 e. The predicted molar refractivity (Wildman–Crippen MR) is 35.3 cm³/mol. The lowest BCUT2D eigenvalue weighted by Crippen LogP contribution is -2.22. The fraction of sp³-hybridized carbons (Fsp3) is 0.200. The van der Waals surface area contributed by atoms with Crippen LogP contribution in [0.3, 0.4) is 0 Å². The van der Waals surface area contributed by atoms with Crippen LogP contribution in [0.1, 0.15) is 10.5 Å². The lowest BCUT2D eigenvalue weighted by atomic mass is 10.5. The van der Waals surface area contributed by atoms with E-state index in [1.165, 1.54) is 18.0 Å². The van der Waals surface area contributed by atoms with E-state index in [0.717, 1.165) is 0 Å². The molecule has 0 saturated carbocycles. The van der Waals surface area contributed by atoms with Gasteiger partial charge in [-0.05, 0) is 0 Å². The second kappa shape index (κ2) is 3.11. The van der Waals surface area contributed by atoms with Gasteiger partial charge in [-0.1, -0.05) is 5.21 Å². The van der Waals surface area contributed by atoms with Gasteiger partial charge in [-0.3, -0.25) is 9.63 Å². The molecular formula is C5H7N4O2. The van der Waals surface area contributed by atoms with E-state index in [1.807, 2.05) is 0 Å². The summed E-state index contributed by atoms with van der Waals surface area (Å²) in [5.74, 6) is -0.442. The van der Waals surface area contributed by atoms with Crippen molar-refractivity contribution in [3.05, 3.63) is 18.9 Å². The van der Waals surface area contributed by atoms with E-state index in [2.05, 4.69) is 27.7 Å². The van der Waals surface area contributed by atoms with Crippen LogP contribution in [0.5, 0.6) is 0 Å². The fourth-order valence-electron chi connectivity index (χ4n) is 0.547. The van der Waals surface area contributed by atoms with Crippen molar-refractivity contribution in [1.82, 2.24) is 20.5 Å². The summed E-state index contributed by atoms with van der Waals surface area (Å²) in [5.41, 5.74) is 2.26. The standard InChI is InChI=1S/C5H7N4O2/c1-9-3-4(6-8-9)5(10)7-11-2/h3H,1H2,2H3,(H,7,10). The van der Waals surface area contributed by atoms with Gasteiger partial charge in [0.25, 0.3) is 5.91 Å². The third-order valence-corrected chi connectivity index (χ3v) is 0.966. The molecule has 6 nitrogen and oxygen atoms in total. The molecule has 1 N–H and O–H groups in total. The van der Waals surface area contributed by atoms with Gasteiger partial charge in [-0.15, -0.1) is 5.10 Å². The number of nitrogens with zero attached hydrogens (tertiary/aromatic N) is 3. The molecule has 0 unspecified atom stereocenters. The number of nitrogens with one attached hydrogen (secondary N) is 1. The highest BCUT2D eigenvalue weighted by Gasteiger charge is 2.07. The molecule has 0 spiro atoms. The van der Waals surface area contributed by atoms with Crippen LogP contribution in [0.25, 0.3) is 0 Å². The Morgan fingerprint density at radius 3 is 3.09 bits per heavy atom. The SMILES string of the molecule is [CH2]n1cc(C(=O)NOC)nn1. The average molecular weight is 155 g/mol. The third kappa shape index (κ3) is 1.74. The second-order valence-corrected chi connectivity index (χ2v) is 1.78. The minimum atomic E-state index is -0.442. The molecule has 0 saturated heterocycles. The van der Waals surface area contributed by atoms with E-state index in [9.17, 15) is 4.79 Å². The maximum absolute atomic E-state index is 10.9. The Balaban J connectivity index is 2.69. The van der Waals surface area contributed by atoms with E-state index in [0.29, 0.717) is 0 Å². The normalized spacial score (nSPS) is 9.64. The van der Waals surface area contributed by atoms with E-state index in [1.54, 1.807) is 0 Å². The molecule has 59 valence electrons. The number of carbonyl (C=O) groups excluding carboxylic acids is 1. The summed E-state index contributed by atoms with van der Waals surface area (Å²) in [4.78, 5) is 15.2. The first-order valence-electron chi connectivity index (χ1n) is 2.80. The fourth-order valence-corrected chi connectivity index (χ4v) is 0.547. The zero-order chi connectivity index (χ0) is 8.27. The lowest BCUT2D eigenvalue weighted by Gasteiger charge is -1.94. The number of hydrogen-bond acceptors (Lipinski definition) is 4. The van der Waals surface area contributed by atoms with Gasteiger partial charge in [0.2, 0.25) is 0 Å². The molecule has 0 aliphatic heterocycles. The zero-order valence-corrected chi connectivity index (χ0v) is 5.94. The molecule has 0 aliphatic rings. The van der Waals surface area contributed by atoms with Crippen LogP contribution in [0.15, 0.2) is 6.20 Å². The molecule has 1 aromatic heterocycles. The molecule has 0 atom stereocenters. The average Bonchev–Trinajstić information content (AvgIpc) is 2.36. The third-order valence-electron chi connectivity index (χ3n) is 0.966. The summed E-state index contributed by atoms with van der Waals surface area (Å²) in [5, 5.41) is 6.95. The first-order chi connectivity index (χ1) is 5.24. The maximum Gasteiger partial charge on any atom is 0.296 e. The molecular weight excluding hydrogens is 148 g/mol. The van der Waals surface area contributed by atoms with Gasteiger partial charge in [0.1, 0.15) is 0 Å². The van der Waals surface area contributed by atoms with Crippen molar-refractivity contribution in [2.24, 2.45) is 0 Å². The van der Waals surface area contributed by atoms with Gasteiger partial charge in [-0.25, -0.2) is 10.2 Å². The van der Waals surface area contributed by atoms with Crippen molar-refractivity contribution in [3.8, 4) is 0 Å². The number of amides is 1. The van der Waals surface area contributed by atoms with Crippen molar-refractivity contribution in [2.75, 3.05) is 7.11 Å². The number of rotatable bonds is 2. The van der Waals surface area contributed by atoms with Gasteiger partial charge >= 0.3 is 0 Å². The van der Waals surface area contributed by atoms with Crippen molar-refractivity contribution in [3.63, 3.8) is 0 Å². The largest absolute Gasteiger partial charge is 0.296 e. The second-order valence-electron chi connectivity index (χ2n) is 1.78. The van der Waals surface area contributed by atoms with Crippen LogP contribution in [0, 0.1) is 7.05 Å². The zero-order valence-electron chi connectivity index (χ0n) is 5.94. The quantitative estimate of drug-likeness (QED) is 0.568. The van der Waals surface area contributed by atoms with Crippen molar-refractivity contribution in [1.29, 1.82) is 0 Å². The van der Waals surface area contributed by atoms with E-state index < -0.39 is 5.91 Å². The molecule has 0 bridgehead atoms. The Morgan fingerprint density at radius 2 is 2.64 bits per heavy atom. The molecule has 0 aliphatic carbocycles. The molecule has 1 amide bonds. The lowest BCUT2D eigenvalue weighted by molar-refractivity contribution is 0.0532. The Hall–Kier alpha value is -1.43. The molecule has 1 radical (unpaired) electrons. The molecule has 1 rings (SSSR count). The number of hydroxylamine groups is 1. The van der Waals surface area contributed by atoms with E-state index in [4.69, 9.17) is 0 Å². The molecule has 0 aromatic carbocycles. The molecule has 11 heavy (non-hydrogen) atoms. The summed E-state index contributed by atoms with van der Waals surface area (Å²) in [6.45, 7) is 0. The highest BCUT2D eigenvalue weighted by Crippen LogP contribution is 1.89. The van der Waals surface area contributed by atoms with Crippen LogP contribution < -0.4 is 5.48 Å². The number of aromatic nitrogens is 3. The predicted octanol–water partition coefficient (Wildman–Crippen LogP) is -0.791. The highest BCUT2D eigenvalue weighted by atomic mass is 16.6. The topological polar surface area (TPSA) is 69.0 Å². The Labute approximate surface area is 63.1 Å². The first kappa shape index (κ1) is 7.67. The molecule has 1 heterocycles. The summed E-state index contributed by atoms with van der Waals surface area (Å²) < 4.78 is 1.19.